The summed E-state index contributed by atoms with van der Waals surface area (Å²) >= 11 is 0. The van der Waals surface area contributed by atoms with Gasteiger partial charge in [-0.25, -0.2) is 0 Å². The van der Waals surface area contributed by atoms with Crippen LogP contribution in [0.25, 0.3) is 0 Å². The van der Waals surface area contributed by atoms with E-state index in [-0.39, 0.29) is 0 Å². The summed E-state index contributed by atoms with van der Waals surface area (Å²) in [6, 6.07) is 0.408. The molecule has 0 radical (unpaired) electrons. The number of ether oxygens (including phenoxy) is 1. The molecule has 2 atom stereocenters. The van der Waals surface area contributed by atoms with Gasteiger partial charge in [-0.2, -0.15) is 0 Å². The van der Waals surface area contributed by atoms with Crippen LogP contribution in [0.4, 0.5) is 0 Å². The second-order valence-corrected chi connectivity index (χ2v) is 7.39. The van der Waals surface area contributed by atoms with Gasteiger partial charge in [0.15, 0.2) is 0 Å². The van der Waals surface area contributed by atoms with Crippen LogP contribution in [0.5, 0.6) is 0 Å². The smallest absolute Gasteiger partial charge is 0.0897 e. The Morgan fingerprint density at radius 3 is 2.33 bits per heavy atom. The molecule has 4 nitrogen and oxygen atoms in total. The van der Waals surface area contributed by atoms with Crippen molar-refractivity contribution in [3.63, 3.8) is 0 Å². The van der Waals surface area contributed by atoms with Gasteiger partial charge in [0, 0.05) is 19.1 Å². The Balaban J connectivity index is 2.18. The maximum Gasteiger partial charge on any atom is 0.0897 e. The Kier molecular flexibility index (Phi) is 8.79. The molecule has 2 N–H and O–H groups in total. The average Bonchev–Trinajstić information content (AvgIpc) is 2.42. The van der Waals surface area contributed by atoms with E-state index < -0.39 is 6.10 Å². The number of nitrogens with one attached hydrogen (secondary N) is 1. The number of hydrogen-bond donors (Lipinski definition) is 2. The van der Waals surface area contributed by atoms with Crippen LogP contribution in [0, 0.1) is 11.8 Å². The van der Waals surface area contributed by atoms with E-state index in [2.05, 4.69) is 45.1 Å². The van der Waals surface area contributed by atoms with E-state index in [9.17, 15) is 5.11 Å². The van der Waals surface area contributed by atoms with Crippen molar-refractivity contribution in [2.75, 3.05) is 33.8 Å². The van der Waals surface area contributed by atoms with E-state index >= 15 is 0 Å². The van der Waals surface area contributed by atoms with Crippen LogP contribution in [0.15, 0.2) is 0 Å². The molecule has 0 bridgehead atoms. The van der Waals surface area contributed by atoms with Crippen LogP contribution in [-0.2, 0) is 4.74 Å². The lowest BCUT2D eigenvalue weighted by Crippen LogP contribution is -2.45. The quantitative estimate of drug-likeness (QED) is 0.684. The largest absolute Gasteiger partial charge is 0.389 e. The predicted molar refractivity (Wildman–Crippen MR) is 88.6 cm³/mol. The van der Waals surface area contributed by atoms with Crippen LogP contribution in [0.3, 0.4) is 0 Å². The van der Waals surface area contributed by atoms with E-state index in [1.165, 1.54) is 12.8 Å². The number of aliphatic hydroxyl groups excluding tert-OH is 1. The lowest BCUT2D eigenvalue weighted by atomic mass is 9.89. The summed E-state index contributed by atoms with van der Waals surface area (Å²) in [5.74, 6) is 1.40. The molecule has 0 aliphatic heterocycles. The van der Waals surface area contributed by atoms with Gasteiger partial charge in [-0.1, -0.05) is 20.8 Å². The second-order valence-electron chi connectivity index (χ2n) is 7.39. The number of likely N-dealkylation sites (N-methyl/N-ethyl adjacent to an activating group) is 1. The van der Waals surface area contributed by atoms with Gasteiger partial charge >= 0.3 is 0 Å². The molecule has 0 aromatic rings. The standard InChI is InChI=1S/C17H36N2O2/c1-13(2)17(11-19(4)5)18-10-15(20)12-21-16-8-6-14(3)7-9-16/h13-18,20H,6-12H2,1-5H3. The summed E-state index contributed by atoms with van der Waals surface area (Å²) < 4.78 is 5.87. The molecule has 0 amide bonds. The summed E-state index contributed by atoms with van der Waals surface area (Å²) in [6.45, 7) is 8.80. The zero-order valence-corrected chi connectivity index (χ0v) is 14.6. The fourth-order valence-corrected chi connectivity index (χ4v) is 2.89. The zero-order valence-electron chi connectivity index (χ0n) is 14.6. The predicted octanol–water partition coefficient (Wildman–Crippen LogP) is 2.12. The van der Waals surface area contributed by atoms with Gasteiger partial charge in [-0.05, 0) is 51.6 Å². The van der Waals surface area contributed by atoms with Crippen molar-refractivity contribution >= 4 is 0 Å². The van der Waals surface area contributed by atoms with Gasteiger partial charge < -0.3 is 20.1 Å². The molecule has 2 unspecified atom stereocenters. The molecule has 0 spiro atoms. The van der Waals surface area contributed by atoms with Crippen LogP contribution >= 0.6 is 0 Å². The molecule has 1 rings (SSSR count). The Labute approximate surface area is 131 Å². The first-order chi connectivity index (χ1) is 9.88. The third-order valence-corrected chi connectivity index (χ3v) is 4.47. The molecule has 0 aromatic carbocycles. The Hall–Kier alpha value is -0.160. The summed E-state index contributed by atoms with van der Waals surface area (Å²) in [5.41, 5.74) is 0. The number of nitrogens with zero attached hydrogens (tertiary/aromatic N) is 1. The van der Waals surface area contributed by atoms with Gasteiger partial charge in [-0.15, -0.1) is 0 Å². The highest BCUT2D eigenvalue weighted by atomic mass is 16.5. The molecule has 1 aliphatic rings. The highest BCUT2D eigenvalue weighted by Gasteiger charge is 2.20. The summed E-state index contributed by atoms with van der Waals surface area (Å²) in [4.78, 5) is 2.18. The highest BCUT2D eigenvalue weighted by molar-refractivity contribution is 4.75. The SMILES string of the molecule is CC1CCC(OCC(O)CNC(CN(C)C)C(C)C)CC1. The van der Waals surface area contributed by atoms with Crippen molar-refractivity contribution in [3.8, 4) is 0 Å². The normalized spacial score (nSPS) is 26.3. The minimum atomic E-state index is -0.409. The first-order valence-corrected chi connectivity index (χ1v) is 8.56. The molecule has 126 valence electrons. The third kappa shape index (κ3) is 8.15. The first kappa shape index (κ1) is 18.9. The monoisotopic (exact) mass is 300 g/mol. The van der Waals surface area contributed by atoms with Gasteiger partial charge in [0.1, 0.15) is 0 Å². The Morgan fingerprint density at radius 1 is 1.19 bits per heavy atom. The van der Waals surface area contributed by atoms with E-state index in [1.54, 1.807) is 0 Å². The minimum Gasteiger partial charge on any atom is -0.389 e. The van der Waals surface area contributed by atoms with Crippen molar-refractivity contribution in [2.45, 2.75) is 64.7 Å². The Morgan fingerprint density at radius 2 is 1.81 bits per heavy atom. The molecule has 1 saturated carbocycles. The molecular weight excluding hydrogens is 264 g/mol. The topological polar surface area (TPSA) is 44.7 Å². The first-order valence-electron chi connectivity index (χ1n) is 8.56. The van der Waals surface area contributed by atoms with Crippen LogP contribution < -0.4 is 5.32 Å². The molecule has 21 heavy (non-hydrogen) atoms. The van der Waals surface area contributed by atoms with Crippen LogP contribution in [0.1, 0.15) is 46.5 Å². The van der Waals surface area contributed by atoms with Crippen LogP contribution in [-0.4, -0.2) is 62.0 Å². The number of rotatable bonds is 9. The molecule has 1 fully saturated rings. The van der Waals surface area contributed by atoms with E-state index in [0.29, 0.717) is 31.2 Å². The van der Waals surface area contributed by atoms with Crippen molar-refractivity contribution in [1.29, 1.82) is 0 Å². The van der Waals surface area contributed by atoms with Crippen molar-refractivity contribution in [2.24, 2.45) is 11.8 Å². The lowest BCUT2D eigenvalue weighted by Gasteiger charge is -2.29. The Bertz CT molecular complexity index is 264. The van der Waals surface area contributed by atoms with E-state index in [1.807, 2.05) is 0 Å². The fourth-order valence-electron chi connectivity index (χ4n) is 2.89. The minimum absolute atomic E-state index is 0.360. The maximum absolute atomic E-state index is 10.1. The summed E-state index contributed by atoms with van der Waals surface area (Å²) in [5, 5.41) is 13.6. The molecule has 1 aliphatic carbocycles. The van der Waals surface area contributed by atoms with Gasteiger partial charge in [-0.3, -0.25) is 0 Å². The lowest BCUT2D eigenvalue weighted by molar-refractivity contribution is -0.0288. The average molecular weight is 300 g/mol. The molecular formula is C17H36N2O2. The van der Waals surface area contributed by atoms with Gasteiger partial charge in [0.05, 0.1) is 18.8 Å². The van der Waals surface area contributed by atoms with Crippen molar-refractivity contribution in [3.05, 3.63) is 0 Å². The third-order valence-electron chi connectivity index (χ3n) is 4.47. The number of aliphatic hydroxyl groups is 1. The van der Waals surface area contributed by atoms with E-state index in [0.717, 1.165) is 25.3 Å². The van der Waals surface area contributed by atoms with Crippen LogP contribution in [0.2, 0.25) is 0 Å². The highest BCUT2D eigenvalue weighted by Crippen LogP contribution is 2.25. The van der Waals surface area contributed by atoms with Gasteiger partial charge in [0.25, 0.3) is 0 Å². The molecule has 0 aromatic heterocycles. The maximum atomic E-state index is 10.1. The number of hydrogen-bond acceptors (Lipinski definition) is 4. The summed E-state index contributed by atoms with van der Waals surface area (Å²) in [6.07, 6.45) is 4.77. The fraction of sp³-hybridized carbons (Fsp3) is 1.00. The molecule has 4 heteroatoms. The molecule has 0 heterocycles. The van der Waals surface area contributed by atoms with Gasteiger partial charge in [0.2, 0.25) is 0 Å². The zero-order chi connectivity index (χ0) is 15.8. The summed E-state index contributed by atoms with van der Waals surface area (Å²) in [7, 11) is 4.17. The van der Waals surface area contributed by atoms with Crippen molar-refractivity contribution < 1.29 is 9.84 Å². The molecule has 0 saturated heterocycles. The van der Waals surface area contributed by atoms with E-state index in [4.69, 9.17) is 4.74 Å². The second kappa shape index (κ2) is 9.78. The van der Waals surface area contributed by atoms with Crippen molar-refractivity contribution in [1.82, 2.24) is 10.2 Å².